The van der Waals surface area contributed by atoms with Crippen LogP contribution in [0.3, 0.4) is 0 Å². The van der Waals surface area contributed by atoms with E-state index in [1.165, 1.54) is 6.07 Å². The number of fused-ring (bicyclic) bond motifs is 1. The molecule has 17 heavy (non-hydrogen) atoms. The summed E-state index contributed by atoms with van der Waals surface area (Å²) in [7, 11) is 0. The zero-order valence-electron chi connectivity index (χ0n) is 8.88. The zero-order valence-corrected chi connectivity index (χ0v) is 8.88. The first-order chi connectivity index (χ1) is 8.00. The van der Waals surface area contributed by atoms with E-state index in [-0.39, 0.29) is 5.56 Å². The van der Waals surface area contributed by atoms with Crippen LogP contribution in [0.25, 0.3) is 0 Å². The van der Waals surface area contributed by atoms with Crippen molar-refractivity contribution in [2.45, 2.75) is 25.4 Å². The number of pyridine rings is 1. The molecule has 0 bridgehead atoms. The van der Waals surface area contributed by atoms with Gasteiger partial charge in [-0.25, -0.2) is 14.6 Å². The molecule has 1 heterocycles. The van der Waals surface area contributed by atoms with Crippen molar-refractivity contribution in [3.63, 3.8) is 0 Å². The van der Waals surface area contributed by atoms with E-state index in [4.69, 9.17) is 10.2 Å². The maximum Gasteiger partial charge on any atom is 0.355 e. The highest BCUT2D eigenvalue weighted by Crippen LogP contribution is 2.29. The molecule has 3 N–H and O–H groups in total. The summed E-state index contributed by atoms with van der Waals surface area (Å²) >= 11 is 0. The van der Waals surface area contributed by atoms with Crippen molar-refractivity contribution >= 4 is 11.9 Å². The lowest BCUT2D eigenvalue weighted by Gasteiger charge is -2.21. The summed E-state index contributed by atoms with van der Waals surface area (Å²) in [5, 5.41) is 27.5. The second-order valence-corrected chi connectivity index (χ2v) is 3.95. The number of carbonyl (C=O) groups is 2. The molecule has 1 unspecified atom stereocenters. The molecule has 2 rings (SSSR count). The van der Waals surface area contributed by atoms with E-state index in [1.807, 2.05) is 0 Å². The van der Waals surface area contributed by atoms with Crippen molar-refractivity contribution in [3.8, 4) is 0 Å². The molecule has 6 nitrogen and oxygen atoms in total. The van der Waals surface area contributed by atoms with Gasteiger partial charge in [0.15, 0.2) is 5.69 Å². The third-order valence-electron chi connectivity index (χ3n) is 2.81. The van der Waals surface area contributed by atoms with Crippen LogP contribution < -0.4 is 0 Å². The number of hydrogen-bond donors (Lipinski definition) is 3. The van der Waals surface area contributed by atoms with Gasteiger partial charge in [0, 0.05) is 0 Å². The average Bonchev–Trinajstić information content (AvgIpc) is 2.27. The van der Waals surface area contributed by atoms with Crippen LogP contribution in [0.4, 0.5) is 0 Å². The van der Waals surface area contributed by atoms with E-state index < -0.39 is 23.7 Å². The number of nitrogens with zero attached hydrogens (tertiary/aromatic N) is 1. The fraction of sp³-hybridized carbons (Fsp3) is 0.364. The maximum atomic E-state index is 10.9. The van der Waals surface area contributed by atoms with Gasteiger partial charge in [-0.2, -0.15) is 0 Å². The number of aryl methyl sites for hydroxylation is 1. The third-order valence-corrected chi connectivity index (χ3v) is 2.81. The summed E-state index contributed by atoms with van der Waals surface area (Å²) < 4.78 is 0. The summed E-state index contributed by atoms with van der Waals surface area (Å²) in [6.07, 6.45) is 1.06. The number of aliphatic hydroxyl groups is 1. The molecule has 0 aromatic carbocycles. The fourth-order valence-electron chi connectivity index (χ4n) is 2.01. The smallest absolute Gasteiger partial charge is 0.355 e. The van der Waals surface area contributed by atoms with Gasteiger partial charge in [-0.3, -0.25) is 0 Å². The first-order valence-electron chi connectivity index (χ1n) is 5.19. The van der Waals surface area contributed by atoms with Crippen molar-refractivity contribution in [1.29, 1.82) is 0 Å². The lowest BCUT2D eigenvalue weighted by molar-refractivity contribution is 0.0643. The molecule has 0 amide bonds. The third kappa shape index (κ3) is 1.99. The van der Waals surface area contributed by atoms with Crippen LogP contribution >= 0.6 is 0 Å². The van der Waals surface area contributed by atoms with E-state index in [0.717, 1.165) is 6.42 Å². The molecule has 1 atom stereocenters. The molecule has 0 spiro atoms. The molecule has 0 fully saturated rings. The molecular formula is C11H11NO5. The standard InChI is InChI=1S/C11H11NO5/c13-7-3-1-2-5-4-6(10(14)15)9(11(16)17)12-8(5)7/h4,7,13H,1-3H2,(H,14,15)(H,16,17). The lowest BCUT2D eigenvalue weighted by Crippen LogP contribution is -2.18. The Morgan fingerprint density at radius 2 is 2.00 bits per heavy atom. The maximum absolute atomic E-state index is 10.9. The summed E-state index contributed by atoms with van der Waals surface area (Å²) in [5.74, 6) is -2.72. The number of carboxylic acids is 2. The molecule has 0 saturated heterocycles. The summed E-state index contributed by atoms with van der Waals surface area (Å²) in [5.41, 5.74) is 0.0624. The molecular weight excluding hydrogens is 226 g/mol. The second kappa shape index (κ2) is 4.14. The van der Waals surface area contributed by atoms with E-state index in [2.05, 4.69) is 4.98 Å². The van der Waals surface area contributed by atoms with Crippen molar-refractivity contribution in [2.24, 2.45) is 0 Å². The van der Waals surface area contributed by atoms with Crippen LogP contribution in [-0.4, -0.2) is 32.2 Å². The van der Waals surface area contributed by atoms with E-state index in [1.54, 1.807) is 0 Å². The minimum Gasteiger partial charge on any atom is -0.478 e. The van der Waals surface area contributed by atoms with Gasteiger partial charge in [0.2, 0.25) is 0 Å². The highest BCUT2D eigenvalue weighted by Gasteiger charge is 2.26. The molecule has 1 aliphatic rings. The molecule has 0 aliphatic heterocycles. The van der Waals surface area contributed by atoms with E-state index in [0.29, 0.717) is 24.1 Å². The Labute approximate surface area is 96.5 Å². The molecule has 90 valence electrons. The second-order valence-electron chi connectivity index (χ2n) is 3.95. The average molecular weight is 237 g/mol. The number of carboxylic acid groups (broad SMARTS) is 2. The summed E-state index contributed by atoms with van der Waals surface area (Å²) in [6, 6.07) is 1.30. The minimum atomic E-state index is -1.40. The Balaban J connectivity index is 2.63. The molecule has 1 aromatic rings. The Hall–Kier alpha value is -1.95. The van der Waals surface area contributed by atoms with Crippen LogP contribution in [-0.2, 0) is 6.42 Å². The van der Waals surface area contributed by atoms with Crippen LogP contribution in [0.2, 0.25) is 0 Å². The van der Waals surface area contributed by atoms with Crippen LogP contribution in [0.15, 0.2) is 6.07 Å². The Kier molecular flexibility index (Phi) is 2.81. The highest BCUT2D eigenvalue weighted by atomic mass is 16.4. The first kappa shape index (κ1) is 11.5. The van der Waals surface area contributed by atoms with Crippen LogP contribution in [0, 0.1) is 0 Å². The predicted molar refractivity (Wildman–Crippen MR) is 56.1 cm³/mol. The molecule has 0 saturated carbocycles. The monoisotopic (exact) mass is 237 g/mol. The van der Waals surface area contributed by atoms with E-state index in [9.17, 15) is 14.7 Å². The number of aromatic carboxylic acids is 2. The normalized spacial score (nSPS) is 18.5. The van der Waals surface area contributed by atoms with Crippen molar-refractivity contribution in [1.82, 2.24) is 4.98 Å². The topological polar surface area (TPSA) is 108 Å². The van der Waals surface area contributed by atoms with Gasteiger partial charge in [0.25, 0.3) is 0 Å². The van der Waals surface area contributed by atoms with Crippen LogP contribution in [0.1, 0.15) is 51.0 Å². The number of aliphatic hydroxyl groups excluding tert-OH is 1. The van der Waals surface area contributed by atoms with Crippen molar-refractivity contribution in [2.75, 3.05) is 0 Å². The SMILES string of the molecule is O=C(O)c1cc2c(nc1C(=O)O)C(O)CCC2. The minimum absolute atomic E-state index is 0.290. The van der Waals surface area contributed by atoms with Gasteiger partial charge in [-0.15, -0.1) is 0 Å². The predicted octanol–water partition coefficient (Wildman–Crippen LogP) is 0.848. The first-order valence-corrected chi connectivity index (χ1v) is 5.19. The Morgan fingerprint density at radius 1 is 1.29 bits per heavy atom. The van der Waals surface area contributed by atoms with Gasteiger partial charge < -0.3 is 15.3 Å². The van der Waals surface area contributed by atoms with Gasteiger partial charge in [-0.1, -0.05) is 0 Å². The number of rotatable bonds is 2. The zero-order chi connectivity index (χ0) is 12.6. The molecule has 1 aromatic heterocycles. The van der Waals surface area contributed by atoms with Gasteiger partial charge >= 0.3 is 11.9 Å². The fourth-order valence-corrected chi connectivity index (χ4v) is 2.01. The molecule has 0 radical (unpaired) electrons. The Bertz CT molecular complexity index is 497. The summed E-state index contributed by atoms with van der Waals surface area (Å²) in [4.78, 5) is 25.6. The molecule has 6 heteroatoms. The number of hydrogen-bond acceptors (Lipinski definition) is 4. The van der Waals surface area contributed by atoms with Gasteiger partial charge in [-0.05, 0) is 30.9 Å². The van der Waals surface area contributed by atoms with Gasteiger partial charge in [0.1, 0.15) is 0 Å². The number of aromatic nitrogens is 1. The van der Waals surface area contributed by atoms with E-state index >= 15 is 0 Å². The van der Waals surface area contributed by atoms with Gasteiger partial charge in [0.05, 0.1) is 17.4 Å². The summed E-state index contributed by atoms with van der Waals surface area (Å²) in [6.45, 7) is 0. The highest BCUT2D eigenvalue weighted by molar-refractivity contribution is 6.00. The van der Waals surface area contributed by atoms with Crippen molar-refractivity contribution in [3.05, 3.63) is 28.6 Å². The molecule has 1 aliphatic carbocycles. The lowest BCUT2D eigenvalue weighted by atomic mass is 9.92. The largest absolute Gasteiger partial charge is 0.478 e. The quantitative estimate of drug-likeness (QED) is 0.703. The Morgan fingerprint density at radius 3 is 2.59 bits per heavy atom. The van der Waals surface area contributed by atoms with Crippen LogP contribution in [0.5, 0.6) is 0 Å². The van der Waals surface area contributed by atoms with Crippen molar-refractivity contribution < 1.29 is 24.9 Å².